The molecule has 1 heterocycles. The predicted octanol–water partition coefficient (Wildman–Crippen LogP) is 1.32. The van der Waals surface area contributed by atoms with E-state index in [1.807, 2.05) is 0 Å². The van der Waals surface area contributed by atoms with Gasteiger partial charge in [0.05, 0.1) is 6.61 Å². The summed E-state index contributed by atoms with van der Waals surface area (Å²) in [5.74, 6) is -0.0266. The summed E-state index contributed by atoms with van der Waals surface area (Å²) in [6, 6.07) is 0. The van der Waals surface area contributed by atoms with Crippen LogP contribution in [0.3, 0.4) is 0 Å². The predicted molar refractivity (Wildman–Crippen MR) is 84.0 cm³/mol. The van der Waals surface area contributed by atoms with Gasteiger partial charge in [0.2, 0.25) is 0 Å². The van der Waals surface area contributed by atoms with E-state index in [1.165, 1.54) is 20.8 Å². The summed E-state index contributed by atoms with van der Waals surface area (Å²) in [4.78, 5) is 34.0. The lowest BCUT2D eigenvalue weighted by atomic mass is 10.00. The molecule has 0 aromatic carbocycles. The molecule has 4 atom stereocenters. The van der Waals surface area contributed by atoms with E-state index in [-0.39, 0.29) is 6.61 Å². The fraction of sp³-hybridized carbons (Fsp3) is 0.800. The molecule has 132 valence electrons. The molecule has 1 fully saturated rings. The van der Waals surface area contributed by atoms with Gasteiger partial charge >= 0.3 is 17.9 Å². The zero-order valence-electron chi connectivity index (χ0n) is 13.9. The molecular weight excluding hydrogens is 324 g/mol. The van der Waals surface area contributed by atoms with Gasteiger partial charge in [-0.2, -0.15) is 11.8 Å². The molecule has 7 nitrogen and oxygen atoms in total. The Morgan fingerprint density at radius 1 is 1.00 bits per heavy atom. The van der Waals surface area contributed by atoms with Crippen molar-refractivity contribution in [2.75, 3.05) is 18.1 Å². The zero-order chi connectivity index (χ0) is 17.4. The van der Waals surface area contributed by atoms with Crippen molar-refractivity contribution in [3.05, 3.63) is 0 Å². The van der Waals surface area contributed by atoms with Gasteiger partial charge in [-0.15, -0.1) is 0 Å². The Balaban J connectivity index is 2.91. The van der Waals surface area contributed by atoms with E-state index in [0.717, 1.165) is 12.2 Å². The molecule has 0 amide bonds. The van der Waals surface area contributed by atoms with E-state index in [2.05, 4.69) is 6.92 Å². The first kappa shape index (κ1) is 19.8. The lowest BCUT2D eigenvalue weighted by molar-refractivity contribution is -0.222. The Morgan fingerprint density at radius 2 is 1.57 bits per heavy atom. The number of rotatable bonds is 7. The number of carbonyl (C=O) groups excluding carboxylic acids is 3. The van der Waals surface area contributed by atoms with Crippen LogP contribution in [0.2, 0.25) is 0 Å². The molecule has 0 radical (unpaired) electrons. The zero-order valence-corrected chi connectivity index (χ0v) is 14.7. The smallest absolute Gasteiger partial charge is 0.303 e. The van der Waals surface area contributed by atoms with E-state index >= 15 is 0 Å². The van der Waals surface area contributed by atoms with Gasteiger partial charge in [0.25, 0.3) is 0 Å². The fourth-order valence-corrected chi connectivity index (χ4v) is 3.27. The third kappa shape index (κ3) is 6.78. The maximum atomic E-state index is 11.4. The van der Waals surface area contributed by atoms with Gasteiger partial charge in [0.15, 0.2) is 18.3 Å². The molecule has 23 heavy (non-hydrogen) atoms. The van der Waals surface area contributed by atoms with Crippen molar-refractivity contribution >= 4 is 29.7 Å². The molecular formula is C15H24O7S. The van der Waals surface area contributed by atoms with Crippen molar-refractivity contribution in [2.24, 2.45) is 0 Å². The Kier molecular flexibility index (Phi) is 8.40. The highest BCUT2D eigenvalue weighted by molar-refractivity contribution is 7.99. The van der Waals surface area contributed by atoms with Crippen molar-refractivity contribution in [3.63, 3.8) is 0 Å². The first-order valence-corrected chi connectivity index (χ1v) is 8.71. The molecule has 8 heteroatoms. The summed E-state index contributed by atoms with van der Waals surface area (Å²) in [5.41, 5.74) is 0. The Morgan fingerprint density at radius 3 is 2.09 bits per heavy atom. The van der Waals surface area contributed by atoms with Crippen molar-refractivity contribution in [1.82, 2.24) is 0 Å². The van der Waals surface area contributed by atoms with Crippen LogP contribution in [-0.2, 0) is 33.3 Å². The van der Waals surface area contributed by atoms with Crippen LogP contribution in [0.15, 0.2) is 0 Å². The van der Waals surface area contributed by atoms with Crippen LogP contribution in [0, 0.1) is 0 Å². The normalized spacial score (nSPS) is 27.1. The van der Waals surface area contributed by atoms with E-state index in [4.69, 9.17) is 18.9 Å². The van der Waals surface area contributed by atoms with E-state index in [9.17, 15) is 14.4 Å². The number of thioether (sulfide) groups is 1. The van der Waals surface area contributed by atoms with E-state index in [1.54, 1.807) is 11.8 Å². The Bertz CT molecular complexity index is 426. The second-order valence-electron chi connectivity index (χ2n) is 5.24. The van der Waals surface area contributed by atoms with Gasteiger partial charge in [0, 0.05) is 26.5 Å². The minimum absolute atomic E-state index is 0.0899. The summed E-state index contributed by atoms with van der Waals surface area (Å²) in [5, 5.41) is 0. The Labute approximate surface area is 140 Å². The standard InChI is InChI=1S/C15H24O7S/c1-5-6-23-8-13-15(22-11(4)18)14(21-10(3)17)12(7-19-13)20-9(2)16/h12-15H,5-8H2,1-4H3/t12-,13-,14+,15+/m1/s1. The summed E-state index contributed by atoms with van der Waals surface area (Å²) >= 11 is 1.66. The van der Waals surface area contributed by atoms with Gasteiger partial charge in [-0.1, -0.05) is 6.92 Å². The lowest BCUT2D eigenvalue weighted by Crippen LogP contribution is -2.58. The number of hydrogen-bond acceptors (Lipinski definition) is 8. The third-order valence-corrected chi connectivity index (χ3v) is 4.34. The van der Waals surface area contributed by atoms with Gasteiger partial charge in [-0.25, -0.2) is 0 Å². The molecule has 1 aliphatic heterocycles. The van der Waals surface area contributed by atoms with Crippen molar-refractivity contribution in [3.8, 4) is 0 Å². The molecule has 1 saturated heterocycles. The van der Waals surface area contributed by atoms with E-state index in [0.29, 0.717) is 5.75 Å². The molecule has 0 N–H and O–H groups in total. The molecule has 0 spiro atoms. The maximum Gasteiger partial charge on any atom is 0.303 e. The molecule has 0 saturated carbocycles. The van der Waals surface area contributed by atoms with Gasteiger partial charge < -0.3 is 18.9 Å². The second kappa shape index (κ2) is 9.77. The van der Waals surface area contributed by atoms with Gasteiger partial charge in [-0.05, 0) is 12.2 Å². The number of hydrogen-bond donors (Lipinski definition) is 0. The highest BCUT2D eigenvalue weighted by atomic mass is 32.2. The quantitative estimate of drug-likeness (QED) is 0.387. The van der Waals surface area contributed by atoms with Gasteiger partial charge in [0.1, 0.15) is 6.10 Å². The van der Waals surface area contributed by atoms with Crippen LogP contribution < -0.4 is 0 Å². The first-order chi connectivity index (χ1) is 10.8. The van der Waals surface area contributed by atoms with Crippen LogP contribution in [0.4, 0.5) is 0 Å². The number of carbonyl (C=O) groups is 3. The first-order valence-electron chi connectivity index (χ1n) is 7.56. The number of esters is 3. The fourth-order valence-electron chi connectivity index (χ4n) is 2.30. The summed E-state index contributed by atoms with van der Waals surface area (Å²) in [6.45, 7) is 5.95. The molecule has 0 bridgehead atoms. The highest BCUT2D eigenvalue weighted by Gasteiger charge is 2.46. The van der Waals surface area contributed by atoms with E-state index < -0.39 is 42.3 Å². The summed E-state index contributed by atoms with van der Waals surface area (Å²) < 4.78 is 21.4. The molecule has 1 aliphatic rings. The highest BCUT2D eigenvalue weighted by Crippen LogP contribution is 2.26. The Hall–Kier alpha value is -1.28. The lowest BCUT2D eigenvalue weighted by Gasteiger charge is -2.40. The van der Waals surface area contributed by atoms with Crippen molar-refractivity contribution in [2.45, 2.75) is 58.5 Å². The SMILES string of the molecule is CCCSC[C@H]1OC[C@@H](OC(C)=O)[C@H](OC(C)=O)[C@H]1OC(C)=O. The average molecular weight is 348 g/mol. The maximum absolute atomic E-state index is 11.4. The summed E-state index contributed by atoms with van der Waals surface area (Å²) in [6.07, 6.45) is -1.89. The third-order valence-electron chi connectivity index (χ3n) is 3.08. The van der Waals surface area contributed by atoms with Crippen molar-refractivity contribution in [1.29, 1.82) is 0 Å². The van der Waals surface area contributed by atoms with Crippen LogP contribution in [0.25, 0.3) is 0 Å². The largest absolute Gasteiger partial charge is 0.456 e. The molecule has 0 aromatic rings. The minimum Gasteiger partial charge on any atom is -0.456 e. The van der Waals surface area contributed by atoms with Gasteiger partial charge in [-0.3, -0.25) is 14.4 Å². The topological polar surface area (TPSA) is 88.1 Å². The molecule has 0 aromatic heterocycles. The molecule has 0 aliphatic carbocycles. The van der Waals surface area contributed by atoms with Crippen molar-refractivity contribution < 1.29 is 33.3 Å². The van der Waals surface area contributed by atoms with Crippen LogP contribution in [0.5, 0.6) is 0 Å². The van der Waals surface area contributed by atoms with Crippen LogP contribution in [-0.4, -0.2) is 60.4 Å². The monoisotopic (exact) mass is 348 g/mol. The molecule has 1 rings (SSSR count). The van der Waals surface area contributed by atoms with Crippen LogP contribution >= 0.6 is 11.8 Å². The minimum atomic E-state index is -0.874. The molecule has 0 unspecified atom stereocenters. The second-order valence-corrected chi connectivity index (χ2v) is 6.39. The summed E-state index contributed by atoms with van der Waals surface area (Å²) in [7, 11) is 0. The van der Waals surface area contributed by atoms with Crippen LogP contribution in [0.1, 0.15) is 34.1 Å². The average Bonchev–Trinajstić information content (AvgIpc) is 2.43. The number of ether oxygens (including phenoxy) is 4.